The van der Waals surface area contributed by atoms with Crippen molar-refractivity contribution in [1.29, 1.82) is 0 Å². The highest BCUT2D eigenvalue weighted by Gasteiger charge is 2.25. The predicted molar refractivity (Wildman–Crippen MR) is 83.6 cm³/mol. The van der Waals surface area contributed by atoms with E-state index in [2.05, 4.69) is 5.32 Å². The summed E-state index contributed by atoms with van der Waals surface area (Å²) in [5, 5.41) is 11.2. The van der Waals surface area contributed by atoms with E-state index in [-0.39, 0.29) is 41.3 Å². The highest BCUT2D eigenvalue weighted by Crippen LogP contribution is 2.33. The Morgan fingerprint density at radius 2 is 1.91 bits per heavy atom. The van der Waals surface area contributed by atoms with E-state index in [1.165, 1.54) is 0 Å². The van der Waals surface area contributed by atoms with Gasteiger partial charge in [-0.15, -0.1) is 11.3 Å². The number of carbonyl (C=O) groups is 4. The Balaban J connectivity index is 2.97. The van der Waals surface area contributed by atoms with E-state index in [0.717, 1.165) is 11.3 Å². The normalized spacial score (nSPS) is 10.2. The van der Waals surface area contributed by atoms with Gasteiger partial charge >= 0.3 is 11.9 Å². The zero-order valence-electron chi connectivity index (χ0n) is 12.8. The van der Waals surface area contributed by atoms with Crippen LogP contribution in [0.25, 0.3) is 0 Å². The van der Waals surface area contributed by atoms with Gasteiger partial charge in [0.2, 0.25) is 5.91 Å². The summed E-state index contributed by atoms with van der Waals surface area (Å²) in [4.78, 5) is 45.9. The molecule has 0 atom stereocenters. The van der Waals surface area contributed by atoms with E-state index in [4.69, 9.17) is 15.6 Å². The van der Waals surface area contributed by atoms with Crippen LogP contribution in [0.15, 0.2) is 0 Å². The van der Waals surface area contributed by atoms with Crippen LogP contribution in [0, 0.1) is 6.92 Å². The summed E-state index contributed by atoms with van der Waals surface area (Å²) in [6.07, 6.45) is 0.0223. The number of carbonyl (C=O) groups excluding carboxylic acids is 3. The molecule has 1 aromatic heterocycles. The highest BCUT2D eigenvalue weighted by atomic mass is 32.1. The van der Waals surface area contributed by atoms with Crippen molar-refractivity contribution >= 4 is 40.1 Å². The van der Waals surface area contributed by atoms with Crippen LogP contribution in [0.3, 0.4) is 0 Å². The van der Waals surface area contributed by atoms with E-state index in [0.29, 0.717) is 5.56 Å². The molecule has 0 unspecified atom stereocenters. The monoisotopic (exact) mass is 342 g/mol. The van der Waals surface area contributed by atoms with Crippen LogP contribution in [0.4, 0.5) is 5.00 Å². The molecule has 4 N–H and O–H groups in total. The van der Waals surface area contributed by atoms with Gasteiger partial charge in [-0.05, 0) is 25.8 Å². The van der Waals surface area contributed by atoms with Gasteiger partial charge in [-0.25, -0.2) is 4.79 Å². The third kappa shape index (κ3) is 5.06. The third-order valence-electron chi connectivity index (χ3n) is 2.90. The maximum absolute atomic E-state index is 12.0. The molecule has 0 aliphatic heterocycles. The molecule has 8 nitrogen and oxygen atoms in total. The second kappa shape index (κ2) is 8.28. The Kier molecular flexibility index (Phi) is 6.70. The summed E-state index contributed by atoms with van der Waals surface area (Å²) in [5.41, 5.74) is 5.70. The fraction of sp³-hybridized carbons (Fsp3) is 0.429. The average molecular weight is 342 g/mol. The number of amides is 2. The Labute approximate surface area is 136 Å². The lowest BCUT2D eigenvalue weighted by Crippen LogP contribution is -2.15. The number of rotatable bonds is 8. The maximum Gasteiger partial charge on any atom is 0.341 e. The zero-order chi connectivity index (χ0) is 17.6. The number of ether oxygens (including phenoxy) is 1. The molecule has 0 saturated heterocycles. The lowest BCUT2D eigenvalue weighted by atomic mass is 10.1. The van der Waals surface area contributed by atoms with Gasteiger partial charge in [0.05, 0.1) is 17.0 Å². The number of thiophene rings is 1. The molecular weight excluding hydrogens is 324 g/mol. The smallest absolute Gasteiger partial charge is 0.341 e. The van der Waals surface area contributed by atoms with Gasteiger partial charge in [0.25, 0.3) is 5.91 Å². The number of nitrogens with two attached hydrogens (primary N) is 1. The molecule has 0 aliphatic carbocycles. The molecule has 0 aromatic carbocycles. The van der Waals surface area contributed by atoms with Crippen LogP contribution in [-0.2, 0) is 14.3 Å². The average Bonchev–Trinajstić information content (AvgIpc) is 2.75. The van der Waals surface area contributed by atoms with Crippen molar-refractivity contribution in [1.82, 2.24) is 0 Å². The molecule has 126 valence electrons. The Morgan fingerprint density at radius 3 is 2.43 bits per heavy atom. The number of carboxylic acid groups (broad SMARTS) is 1. The van der Waals surface area contributed by atoms with Gasteiger partial charge in [0.1, 0.15) is 5.00 Å². The van der Waals surface area contributed by atoms with Crippen LogP contribution in [0.1, 0.15) is 51.8 Å². The van der Waals surface area contributed by atoms with Gasteiger partial charge < -0.3 is 20.9 Å². The third-order valence-corrected chi connectivity index (χ3v) is 4.12. The van der Waals surface area contributed by atoms with Crippen LogP contribution < -0.4 is 11.1 Å². The molecule has 0 bridgehead atoms. The van der Waals surface area contributed by atoms with Crippen molar-refractivity contribution < 1.29 is 29.0 Å². The van der Waals surface area contributed by atoms with Gasteiger partial charge in [0.15, 0.2) is 0 Å². The molecular formula is C14H18N2O6S. The SMILES string of the molecule is CCOC(=O)c1c(NC(=O)CCCC(=O)O)sc(C(N)=O)c1C. The maximum atomic E-state index is 12.0. The quantitative estimate of drug-likeness (QED) is 0.613. The second-order valence-electron chi connectivity index (χ2n) is 4.64. The van der Waals surface area contributed by atoms with Crippen LogP contribution in [0.2, 0.25) is 0 Å². The molecule has 23 heavy (non-hydrogen) atoms. The fourth-order valence-electron chi connectivity index (χ4n) is 1.87. The number of aliphatic carboxylic acids is 1. The van der Waals surface area contributed by atoms with Crippen LogP contribution >= 0.6 is 11.3 Å². The van der Waals surface area contributed by atoms with Crippen molar-refractivity contribution in [3.8, 4) is 0 Å². The molecule has 1 aromatic rings. The highest BCUT2D eigenvalue weighted by molar-refractivity contribution is 7.18. The summed E-state index contributed by atoms with van der Waals surface area (Å²) in [7, 11) is 0. The van der Waals surface area contributed by atoms with Crippen LogP contribution in [-0.4, -0.2) is 35.5 Å². The Bertz CT molecular complexity index is 637. The summed E-state index contributed by atoms with van der Waals surface area (Å²) in [6, 6.07) is 0. The first-order valence-corrected chi connectivity index (χ1v) is 7.71. The van der Waals surface area contributed by atoms with Gasteiger partial charge in [-0.2, -0.15) is 0 Å². The van der Waals surface area contributed by atoms with Crippen molar-refractivity contribution in [2.75, 3.05) is 11.9 Å². The summed E-state index contributed by atoms with van der Waals surface area (Å²) < 4.78 is 4.92. The molecule has 9 heteroatoms. The minimum absolute atomic E-state index is 0.0165. The van der Waals surface area contributed by atoms with Crippen molar-refractivity contribution in [3.05, 3.63) is 16.0 Å². The standard InChI is InChI=1S/C14H18N2O6S/c1-3-22-14(21)10-7(2)11(12(15)20)23-13(10)16-8(17)5-4-6-9(18)19/h3-6H2,1-2H3,(H2,15,20)(H,16,17)(H,18,19). The van der Waals surface area contributed by atoms with Gasteiger partial charge in [0, 0.05) is 12.8 Å². The first-order chi connectivity index (χ1) is 10.8. The minimum atomic E-state index is -0.993. The number of esters is 1. The summed E-state index contributed by atoms with van der Waals surface area (Å²) in [5.74, 6) is -2.80. The summed E-state index contributed by atoms with van der Waals surface area (Å²) >= 11 is 0.893. The largest absolute Gasteiger partial charge is 0.481 e. The molecule has 0 fully saturated rings. The van der Waals surface area contributed by atoms with Gasteiger partial charge in [-0.3, -0.25) is 14.4 Å². The van der Waals surface area contributed by atoms with E-state index < -0.39 is 23.8 Å². The minimum Gasteiger partial charge on any atom is -0.481 e. The van der Waals surface area contributed by atoms with Crippen LogP contribution in [0.5, 0.6) is 0 Å². The van der Waals surface area contributed by atoms with Crippen molar-refractivity contribution in [2.45, 2.75) is 33.1 Å². The second-order valence-corrected chi connectivity index (χ2v) is 5.66. The zero-order valence-corrected chi connectivity index (χ0v) is 13.6. The lowest BCUT2D eigenvalue weighted by Gasteiger charge is -2.06. The molecule has 1 heterocycles. The van der Waals surface area contributed by atoms with Gasteiger partial charge in [-0.1, -0.05) is 0 Å². The summed E-state index contributed by atoms with van der Waals surface area (Å²) in [6.45, 7) is 3.33. The van der Waals surface area contributed by atoms with E-state index in [1.54, 1.807) is 13.8 Å². The Morgan fingerprint density at radius 1 is 1.26 bits per heavy atom. The number of anilines is 1. The lowest BCUT2D eigenvalue weighted by molar-refractivity contribution is -0.137. The van der Waals surface area contributed by atoms with Crippen molar-refractivity contribution in [2.24, 2.45) is 5.73 Å². The van der Waals surface area contributed by atoms with E-state index >= 15 is 0 Å². The number of nitrogens with one attached hydrogen (secondary N) is 1. The topological polar surface area (TPSA) is 136 Å². The molecule has 2 amide bonds. The number of primary amides is 1. The first-order valence-electron chi connectivity index (χ1n) is 6.89. The van der Waals surface area contributed by atoms with E-state index in [1.807, 2.05) is 0 Å². The molecule has 0 aliphatic rings. The molecule has 1 rings (SSSR count). The molecule has 0 radical (unpaired) electrons. The molecule has 0 saturated carbocycles. The number of hydrogen-bond donors (Lipinski definition) is 3. The number of carboxylic acids is 1. The molecule has 0 spiro atoms. The predicted octanol–water partition coefficient (Wildman–Crippen LogP) is 1.53. The fourth-order valence-corrected chi connectivity index (χ4v) is 2.94. The Hall–Kier alpha value is -2.42. The first kappa shape index (κ1) is 18.6. The van der Waals surface area contributed by atoms with E-state index in [9.17, 15) is 19.2 Å². The van der Waals surface area contributed by atoms with Crippen molar-refractivity contribution in [3.63, 3.8) is 0 Å². The number of hydrogen-bond acceptors (Lipinski definition) is 6.